The lowest BCUT2D eigenvalue weighted by molar-refractivity contribution is -0.274. The van der Waals surface area contributed by atoms with Crippen molar-refractivity contribution in [2.45, 2.75) is 6.36 Å². The van der Waals surface area contributed by atoms with Crippen LogP contribution in [0, 0.1) is 0 Å². The van der Waals surface area contributed by atoms with Gasteiger partial charge in [-0.05, 0) is 11.5 Å². The highest BCUT2D eigenvalue weighted by Gasteiger charge is 2.32. The Morgan fingerprint density at radius 1 is 1.06 bits per heavy atom. The Bertz CT molecular complexity index is 561. The van der Waals surface area contributed by atoms with Crippen LogP contribution in [0.25, 0.3) is 10.8 Å². The number of halogens is 3. The monoisotopic (exact) mass is 240 g/mol. The van der Waals surface area contributed by atoms with Gasteiger partial charge in [0.15, 0.2) is 6.29 Å². The van der Waals surface area contributed by atoms with Crippen molar-refractivity contribution >= 4 is 17.1 Å². The maximum atomic E-state index is 12.2. The number of aldehydes is 1. The predicted octanol–water partition coefficient (Wildman–Crippen LogP) is 3.55. The average Bonchev–Trinajstić information content (AvgIpc) is 2.28. The minimum absolute atomic E-state index is 0.124. The standard InChI is InChI=1S/C12H7F3O2/c13-12(14,15)17-11-9(7-16)6-5-8-3-1-2-4-10(8)11/h1-7H. The van der Waals surface area contributed by atoms with Crippen LogP contribution in [-0.4, -0.2) is 12.6 Å². The van der Waals surface area contributed by atoms with Crippen molar-refractivity contribution in [2.24, 2.45) is 0 Å². The van der Waals surface area contributed by atoms with Crippen LogP contribution in [0.5, 0.6) is 5.75 Å². The summed E-state index contributed by atoms with van der Waals surface area (Å²) in [5.74, 6) is -0.453. The van der Waals surface area contributed by atoms with E-state index in [0.29, 0.717) is 11.7 Å². The summed E-state index contributed by atoms with van der Waals surface area (Å²) in [5.41, 5.74) is -0.124. The topological polar surface area (TPSA) is 26.3 Å². The molecule has 2 nitrogen and oxygen atoms in total. The minimum atomic E-state index is -4.82. The first-order valence-electron chi connectivity index (χ1n) is 4.74. The van der Waals surface area contributed by atoms with E-state index in [2.05, 4.69) is 4.74 Å². The SMILES string of the molecule is O=Cc1ccc2ccccc2c1OC(F)(F)F. The smallest absolute Gasteiger partial charge is 0.404 e. The number of ether oxygens (including phenoxy) is 1. The number of rotatable bonds is 2. The van der Waals surface area contributed by atoms with Crippen LogP contribution in [-0.2, 0) is 0 Å². The van der Waals surface area contributed by atoms with Gasteiger partial charge in [-0.3, -0.25) is 4.79 Å². The molecule has 0 spiro atoms. The summed E-state index contributed by atoms with van der Waals surface area (Å²) in [6.07, 6.45) is -4.48. The summed E-state index contributed by atoms with van der Waals surface area (Å²) in [7, 11) is 0. The summed E-state index contributed by atoms with van der Waals surface area (Å²) in [4.78, 5) is 10.7. The number of fused-ring (bicyclic) bond motifs is 1. The molecule has 2 rings (SSSR count). The summed E-state index contributed by atoms with van der Waals surface area (Å²) in [6, 6.07) is 9.27. The average molecular weight is 240 g/mol. The van der Waals surface area contributed by atoms with Crippen LogP contribution in [0.2, 0.25) is 0 Å². The lowest BCUT2D eigenvalue weighted by atomic mass is 10.1. The molecule has 88 valence electrons. The highest BCUT2D eigenvalue weighted by molar-refractivity contribution is 5.96. The Balaban J connectivity index is 2.67. The Morgan fingerprint density at radius 3 is 2.41 bits per heavy atom. The number of carbonyl (C=O) groups excluding carboxylic acids is 1. The van der Waals surface area contributed by atoms with Crippen LogP contribution in [0.3, 0.4) is 0 Å². The molecule has 2 aromatic rings. The van der Waals surface area contributed by atoms with Crippen molar-refractivity contribution in [1.29, 1.82) is 0 Å². The van der Waals surface area contributed by atoms with Crippen molar-refractivity contribution in [3.8, 4) is 5.75 Å². The van der Waals surface area contributed by atoms with E-state index in [9.17, 15) is 18.0 Å². The molecule has 5 heteroatoms. The van der Waals surface area contributed by atoms with E-state index in [4.69, 9.17) is 0 Å². The van der Waals surface area contributed by atoms with Gasteiger partial charge in [-0.25, -0.2) is 0 Å². The molecule has 0 bridgehead atoms. The lowest BCUT2D eigenvalue weighted by Gasteiger charge is -2.13. The Hall–Kier alpha value is -2.04. The first-order valence-corrected chi connectivity index (χ1v) is 4.74. The van der Waals surface area contributed by atoms with Crippen LogP contribution in [0.15, 0.2) is 36.4 Å². The zero-order valence-electron chi connectivity index (χ0n) is 8.49. The molecule has 0 unspecified atom stereocenters. The molecule has 0 radical (unpaired) electrons. The fraction of sp³-hybridized carbons (Fsp3) is 0.0833. The third-order valence-corrected chi connectivity index (χ3v) is 2.25. The molecule has 17 heavy (non-hydrogen) atoms. The first kappa shape index (κ1) is 11.4. The molecule has 0 N–H and O–H groups in total. The van der Waals surface area contributed by atoms with E-state index in [1.165, 1.54) is 12.1 Å². The number of benzene rings is 2. The number of carbonyl (C=O) groups is 1. The summed E-state index contributed by atoms with van der Waals surface area (Å²) < 4.78 is 40.6. The molecule has 2 aromatic carbocycles. The Labute approximate surface area is 94.6 Å². The van der Waals surface area contributed by atoms with Crippen LogP contribution in [0.4, 0.5) is 13.2 Å². The fourth-order valence-electron chi connectivity index (χ4n) is 1.58. The molecule has 0 heterocycles. The van der Waals surface area contributed by atoms with Crippen molar-refractivity contribution in [2.75, 3.05) is 0 Å². The van der Waals surface area contributed by atoms with Gasteiger partial charge < -0.3 is 4.74 Å². The second-order valence-corrected chi connectivity index (χ2v) is 3.37. The van der Waals surface area contributed by atoms with Crippen molar-refractivity contribution < 1.29 is 22.7 Å². The molecule has 0 aromatic heterocycles. The molecule has 0 amide bonds. The van der Waals surface area contributed by atoms with E-state index in [-0.39, 0.29) is 10.9 Å². The quantitative estimate of drug-likeness (QED) is 0.750. The lowest BCUT2D eigenvalue weighted by Crippen LogP contribution is -2.18. The van der Waals surface area contributed by atoms with Gasteiger partial charge in [-0.2, -0.15) is 0 Å². The van der Waals surface area contributed by atoms with Gasteiger partial charge >= 0.3 is 6.36 Å². The van der Waals surface area contributed by atoms with E-state index in [1.54, 1.807) is 24.3 Å². The maximum absolute atomic E-state index is 12.2. The molecular weight excluding hydrogens is 233 g/mol. The van der Waals surface area contributed by atoms with E-state index in [1.807, 2.05) is 0 Å². The van der Waals surface area contributed by atoms with Gasteiger partial charge in [0, 0.05) is 5.39 Å². The number of alkyl halides is 3. The van der Waals surface area contributed by atoms with Crippen molar-refractivity contribution in [3.05, 3.63) is 42.0 Å². The summed E-state index contributed by atoms with van der Waals surface area (Å²) in [6.45, 7) is 0. The normalized spacial score (nSPS) is 11.5. The van der Waals surface area contributed by atoms with Crippen molar-refractivity contribution in [3.63, 3.8) is 0 Å². The second kappa shape index (κ2) is 4.08. The van der Waals surface area contributed by atoms with Crippen LogP contribution in [0.1, 0.15) is 10.4 Å². The van der Waals surface area contributed by atoms with Gasteiger partial charge in [0.2, 0.25) is 0 Å². The predicted molar refractivity (Wildman–Crippen MR) is 56.0 cm³/mol. The molecule has 0 saturated heterocycles. The third-order valence-electron chi connectivity index (χ3n) is 2.25. The van der Waals surface area contributed by atoms with Gasteiger partial charge in [0.25, 0.3) is 0 Å². The first-order chi connectivity index (χ1) is 8.01. The second-order valence-electron chi connectivity index (χ2n) is 3.37. The van der Waals surface area contributed by atoms with E-state index >= 15 is 0 Å². The van der Waals surface area contributed by atoms with Crippen LogP contribution < -0.4 is 4.74 Å². The Kier molecular flexibility index (Phi) is 2.75. The van der Waals surface area contributed by atoms with Gasteiger partial charge in [0.05, 0.1) is 5.56 Å². The number of hydrogen-bond acceptors (Lipinski definition) is 2. The number of hydrogen-bond donors (Lipinski definition) is 0. The molecule has 0 fully saturated rings. The molecule has 0 aliphatic carbocycles. The van der Waals surface area contributed by atoms with E-state index < -0.39 is 12.1 Å². The third kappa shape index (κ3) is 2.38. The summed E-state index contributed by atoms with van der Waals surface area (Å²) >= 11 is 0. The zero-order valence-corrected chi connectivity index (χ0v) is 8.49. The minimum Gasteiger partial charge on any atom is -0.404 e. The van der Waals surface area contributed by atoms with Crippen LogP contribution >= 0.6 is 0 Å². The maximum Gasteiger partial charge on any atom is 0.573 e. The fourth-order valence-corrected chi connectivity index (χ4v) is 1.58. The van der Waals surface area contributed by atoms with Gasteiger partial charge in [-0.1, -0.05) is 30.3 Å². The zero-order chi connectivity index (χ0) is 12.5. The van der Waals surface area contributed by atoms with Gasteiger partial charge in [0.1, 0.15) is 5.75 Å². The molecule has 0 atom stereocenters. The molecule has 0 aliphatic heterocycles. The van der Waals surface area contributed by atoms with E-state index in [0.717, 1.165) is 0 Å². The largest absolute Gasteiger partial charge is 0.573 e. The highest BCUT2D eigenvalue weighted by atomic mass is 19.4. The Morgan fingerprint density at radius 2 is 1.76 bits per heavy atom. The summed E-state index contributed by atoms with van der Waals surface area (Å²) in [5, 5.41) is 0.840. The van der Waals surface area contributed by atoms with Crippen molar-refractivity contribution in [1.82, 2.24) is 0 Å². The molecule has 0 saturated carbocycles. The van der Waals surface area contributed by atoms with Gasteiger partial charge in [-0.15, -0.1) is 13.2 Å². The molecule has 0 aliphatic rings. The molecular formula is C12H7F3O2. The highest BCUT2D eigenvalue weighted by Crippen LogP contribution is 2.33.